The topological polar surface area (TPSA) is 38.7 Å². The van der Waals surface area contributed by atoms with E-state index in [0.717, 1.165) is 21.3 Å². The number of hydrogen-bond donors (Lipinski definition) is 0. The van der Waals surface area contributed by atoms with Crippen LogP contribution in [-0.2, 0) is 0 Å². The largest absolute Gasteiger partial charge is 0.261 e. The van der Waals surface area contributed by atoms with Gasteiger partial charge in [0.1, 0.15) is 10.0 Å². The molecule has 0 radical (unpaired) electrons. The van der Waals surface area contributed by atoms with Gasteiger partial charge in [-0.15, -0.1) is 10.2 Å². The Morgan fingerprint density at radius 2 is 2.00 bits per heavy atom. The Morgan fingerprint density at radius 1 is 1.20 bits per heavy atom. The molecule has 2 aromatic rings. The molecule has 0 bridgehead atoms. The fourth-order valence-corrected chi connectivity index (χ4v) is 2.01. The average molecular weight is 219 g/mol. The van der Waals surface area contributed by atoms with Crippen molar-refractivity contribution in [2.45, 2.75) is 26.7 Å². The van der Waals surface area contributed by atoms with E-state index in [1.165, 1.54) is 0 Å². The van der Waals surface area contributed by atoms with E-state index in [9.17, 15) is 0 Å². The van der Waals surface area contributed by atoms with Crippen molar-refractivity contribution in [1.82, 2.24) is 15.2 Å². The Labute approximate surface area is 93.2 Å². The zero-order chi connectivity index (χ0) is 10.8. The summed E-state index contributed by atoms with van der Waals surface area (Å²) in [5.74, 6) is 0.439. The van der Waals surface area contributed by atoms with Crippen LogP contribution in [0.4, 0.5) is 0 Å². The van der Waals surface area contributed by atoms with Crippen LogP contribution in [0.15, 0.2) is 18.3 Å². The molecule has 2 heterocycles. The quantitative estimate of drug-likeness (QED) is 0.779. The Kier molecular flexibility index (Phi) is 2.77. The lowest BCUT2D eigenvalue weighted by molar-refractivity contribution is 0.825. The first kappa shape index (κ1) is 10.2. The van der Waals surface area contributed by atoms with Gasteiger partial charge in [0, 0.05) is 23.4 Å². The molecule has 2 aromatic heterocycles. The zero-order valence-electron chi connectivity index (χ0n) is 9.06. The molecule has 2 rings (SSSR count). The lowest BCUT2D eigenvalue weighted by Crippen LogP contribution is -1.84. The van der Waals surface area contributed by atoms with Gasteiger partial charge in [-0.3, -0.25) is 4.98 Å². The van der Waals surface area contributed by atoms with E-state index in [1.807, 2.05) is 25.3 Å². The van der Waals surface area contributed by atoms with E-state index < -0.39 is 0 Å². The van der Waals surface area contributed by atoms with Crippen LogP contribution in [0.2, 0.25) is 0 Å². The molecule has 4 heteroatoms. The lowest BCUT2D eigenvalue weighted by atomic mass is 10.2. The molecule has 0 fully saturated rings. The molecule has 3 nitrogen and oxygen atoms in total. The third kappa shape index (κ3) is 2.21. The van der Waals surface area contributed by atoms with Crippen LogP contribution >= 0.6 is 11.3 Å². The highest BCUT2D eigenvalue weighted by Crippen LogP contribution is 2.26. The normalized spacial score (nSPS) is 10.9. The summed E-state index contributed by atoms with van der Waals surface area (Å²) in [5.41, 5.74) is 2.07. The van der Waals surface area contributed by atoms with Gasteiger partial charge in [-0.1, -0.05) is 25.2 Å². The summed E-state index contributed by atoms with van der Waals surface area (Å²) in [6.45, 7) is 6.22. The maximum atomic E-state index is 4.25. The Balaban J connectivity index is 2.33. The molecule has 0 aliphatic carbocycles. The first-order valence-corrected chi connectivity index (χ1v) is 5.75. The molecule has 0 aliphatic heterocycles. The second kappa shape index (κ2) is 4.06. The number of hydrogen-bond acceptors (Lipinski definition) is 4. The van der Waals surface area contributed by atoms with E-state index in [1.54, 1.807) is 11.3 Å². The average Bonchev–Trinajstić information content (AvgIpc) is 2.68. The number of pyridine rings is 1. The van der Waals surface area contributed by atoms with Crippen molar-refractivity contribution in [3.05, 3.63) is 29.0 Å². The van der Waals surface area contributed by atoms with Crippen molar-refractivity contribution in [2.24, 2.45) is 0 Å². The van der Waals surface area contributed by atoms with Gasteiger partial charge in [-0.2, -0.15) is 0 Å². The molecular formula is C11H13N3S. The van der Waals surface area contributed by atoms with E-state index in [2.05, 4.69) is 29.0 Å². The van der Waals surface area contributed by atoms with Gasteiger partial charge >= 0.3 is 0 Å². The molecule has 0 amide bonds. The van der Waals surface area contributed by atoms with E-state index in [0.29, 0.717) is 5.92 Å². The minimum absolute atomic E-state index is 0.439. The van der Waals surface area contributed by atoms with Crippen molar-refractivity contribution < 1.29 is 0 Å². The van der Waals surface area contributed by atoms with Gasteiger partial charge in [0.05, 0.1) is 0 Å². The molecule has 0 atom stereocenters. The molecule has 0 unspecified atom stereocenters. The highest BCUT2D eigenvalue weighted by molar-refractivity contribution is 7.14. The summed E-state index contributed by atoms with van der Waals surface area (Å²) in [6, 6.07) is 4.03. The Hall–Kier alpha value is -1.29. The van der Waals surface area contributed by atoms with Gasteiger partial charge < -0.3 is 0 Å². The molecular weight excluding hydrogens is 206 g/mol. The second-order valence-corrected chi connectivity index (χ2v) is 4.80. The summed E-state index contributed by atoms with van der Waals surface area (Å²) in [4.78, 5) is 4.25. The second-order valence-electron chi connectivity index (χ2n) is 3.79. The van der Waals surface area contributed by atoms with Gasteiger partial charge in [0.2, 0.25) is 0 Å². The first-order chi connectivity index (χ1) is 7.16. The van der Waals surface area contributed by atoms with Gasteiger partial charge in [-0.05, 0) is 19.1 Å². The van der Waals surface area contributed by atoms with Crippen LogP contribution in [0.3, 0.4) is 0 Å². The zero-order valence-corrected chi connectivity index (χ0v) is 9.88. The fraction of sp³-hybridized carbons (Fsp3) is 0.364. The first-order valence-electron chi connectivity index (χ1n) is 4.93. The molecule has 0 spiro atoms. The number of aryl methyl sites for hydroxylation is 1. The summed E-state index contributed by atoms with van der Waals surface area (Å²) >= 11 is 1.64. The third-order valence-corrected chi connectivity index (χ3v) is 3.37. The van der Waals surface area contributed by atoms with Crippen LogP contribution in [0.1, 0.15) is 30.5 Å². The van der Waals surface area contributed by atoms with E-state index >= 15 is 0 Å². The van der Waals surface area contributed by atoms with Crippen LogP contribution in [0.25, 0.3) is 10.6 Å². The van der Waals surface area contributed by atoms with Gasteiger partial charge in [0.25, 0.3) is 0 Å². The highest BCUT2D eigenvalue weighted by Gasteiger charge is 2.09. The van der Waals surface area contributed by atoms with Crippen LogP contribution in [-0.4, -0.2) is 15.2 Å². The fourth-order valence-electron chi connectivity index (χ4n) is 1.18. The van der Waals surface area contributed by atoms with E-state index in [4.69, 9.17) is 0 Å². The number of nitrogens with zero attached hydrogens (tertiary/aromatic N) is 3. The summed E-state index contributed by atoms with van der Waals surface area (Å²) in [6.07, 6.45) is 1.85. The molecule has 0 aliphatic rings. The van der Waals surface area contributed by atoms with Crippen LogP contribution in [0.5, 0.6) is 0 Å². The molecule has 0 N–H and O–H groups in total. The standard InChI is InChI=1S/C11H13N3S/c1-7(2)10-13-14-11(15-10)9-5-4-8(3)12-6-9/h4-7H,1-3H3. The molecule has 78 valence electrons. The molecule has 0 aromatic carbocycles. The SMILES string of the molecule is Cc1ccc(-c2nnc(C(C)C)s2)cn1. The predicted molar refractivity (Wildman–Crippen MR) is 62.0 cm³/mol. The van der Waals surface area contributed by atoms with E-state index in [-0.39, 0.29) is 0 Å². The molecule has 0 saturated heterocycles. The maximum Gasteiger partial charge on any atom is 0.149 e. The van der Waals surface area contributed by atoms with Gasteiger partial charge in [-0.25, -0.2) is 0 Å². The molecule has 15 heavy (non-hydrogen) atoms. The minimum atomic E-state index is 0.439. The summed E-state index contributed by atoms with van der Waals surface area (Å²) < 4.78 is 0. The van der Waals surface area contributed by atoms with Gasteiger partial charge in [0.15, 0.2) is 0 Å². The highest BCUT2D eigenvalue weighted by atomic mass is 32.1. The third-order valence-electron chi connectivity index (χ3n) is 2.09. The van der Waals surface area contributed by atoms with Crippen LogP contribution in [0, 0.1) is 6.92 Å². The number of rotatable bonds is 2. The maximum absolute atomic E-state index is 4.25. The van der Waals surface area contributed by atoms with Crippen molar-refractivity contribution in [1.29, 1.82) is 0 Å². The Morgan fingerprint density at radius 3 is 2.53 bits per heavy atom. The van der Waals surface area contributed by atoms with Crippen molar-refractivity contribution in [3.8, 4) is 10.6 Å². The smallest absolute Gasteiger partial charge is 0.149 e. The molecule has 0 saturated carbocycles. The monoisotopic (exact) mass is 219 g/mol. The summed E-state index contributed by atoms with van der Waals surface area (Å²) in [5, 5.41) is 10.3. The van der Waals surface area contributed by atoms with Crippen LogP contribution < -0.4 is 0 Å². The van der Waals surface area contributed by atoms with Crippen molar-refractivity contribution in [2.75, 3.05) is 0 Å². The predicted octanol–water partition coefficient (Wildman–Crippen LogP) is 3.03. The van der Waals surface area contributed by atoms with Crippen molar-refractivity contribution in [3.63, 3.8) is 0 Å². The summed E-state index contributed by atoms with van der Waals surface area (Å²) in [7, 11) is 0. The van der Waals surface area contributed by atoms with Crippen molar-refractivity contribution >= 4 is 11.3 Å². The minimum Gasteiger partial charge on any atom is -0.261 e. The lowest BCUT2D eigenvalue weighted by Gasteiger charge is -1.95. The Bertz CT molecular complexity index is 445. The number of aromatic nitrogens is 3.